The highest BCUT2D eigenvalue weighted by molar-refractivity contribution is 9.10. The van der Waals surface area contributed by atoms with Crippen LogP contribution >= 0.6 is 15.9 Å². The molecule has 0 spiro atoms. The molecule has 0 atom stereocenters. The minimum atomic E-state index is -3.79. The molecule has 0 aliphatic heterocycles. The zero-order chi connectivity index (χ0) is 14.0. The molecular formula is C11H11BrN2O4S. The Kier molecular flexibility index (Phi) is 3.93. The maximum atomic E-state index is 12.2. The van der Waals surface area contributed by atoms with Crippen LogP contribution in [0, 0.1) is 6.92 Å². The van der Waals surface area contributed by atoms with Crippen LogP contribution in [0.4, 0.5) is 5.69 Å². The number of aliphatic hydroxyl groups is 1. The van der Waals surface area contributed by atoms with E-state index in [0.29, 0.717) is 5.69 Å². The van der Waals surface area contributed by atoms with Crippen molar-refractivity contribution in [2.45, 2.75) is 18.4 Å². The van der Waals surface area contributed by atoms with Gasteiger partial charge in [0.25, 0.3) is 10.0 Å². The minimum Gasteiger partial charge on any atom is -0.450 e. The Morgan fingerprint density at radius 3 is 2.74 bits per heavy atom. The second-order valence-corrected chi connectivity index (χ2v) is 6.24. The number of aliphatic hydroxyl groups excluding tert-OH is 1. The van der Waals surface area contributed by atoms with E-state index in [-0.39, 0.29) is 21.9 Å². The summed E-state index contributed by atoms with van der Waals surface area (Å²) in [7, 11) is -3.79. The van der Waals surface area contributed by atoms with Gasteiger partial charge in [0, 0.05) is 12.3 Å². The van der Waals surface area contributed by atoms with Crippen molar-refractivity contribution in [2.24, 2.45) is 0 Å². The second-order valence-electron chi connectivity index (χ2n) is 3.87. The van der Waals surface area contributed by atoms with Gasteiger partial charge in [-0.1, -0.05) is 0 Å². The predicted octanol–water partition coefficient (Wildman–Crippen LogP) is 2.04. The Morgan fingerprint density at radius 2 is 2.16 bits per heavy atom. The maximum Gasteiger partial charge on any atom is 0.266 e. The van der Waals surface area contributed by atoms with Crippen LogP contribution in [0.25, 0.3) is 0 Å². The lowest BCUT2D eigenvalue weighted by atomic mass is 10.3. The molecule has 0 saturated carbocycles. The first-order chi connectivity index (χ1) is 8.92. The highest BCUT2D eigenvalue weighted by Gasteiger charge is 2.22. The third kappa shape index (κ3) is 3.14. The van der Waals surface area contributed by atoms with E-state index in [2.05, 4.69) is 25.6 Å². The molecule has 0 fully saturated rings. The van der Waals surface area contributed by atoms with Gasteiger partial charge in [-0.15, -0.1) is 0 Å². The summed E-state index contributed by atoms with van der Waals surface area (Å²) < 4.78 is 31.8. The van der Waals surface area contributed by atoms with E-state index < -0.39 is 10.0 Å². The molecule has 2 aromatic rings. The molecule has 2 heterocycles. The fourth-order valence-electron chi connectivity index (χ4n) is 1.48. The first kappa shape index (κ1) is 14.0. The summed E-state index contributed by atoms with van der Waals surface area (Å²) in [6.45, 7) is 1.43. The van der Waals surface area contributed by atoms with Crippen LogP contribution in [-0.4, -0.2) is 18.5 Å². The minimum absolute atomic E-state index is 0.0460. The van der Waals surface area contributed by atoms with Crippen LogP contribution in [0.15, 0.2) is 38.5 Å². The van der Waals surface area contributed by atoms with Gasteiger partial charge in [-0.3, -0.25) is 9.71 Å². The molecule has 0 amide bonds. The zero-order valence-electron chi connectivity index (χ0n) is 9.92. The van der Waals surface area contributed by atoms with Crippen molar-refractivity contribution in [3.8, 4) is 0 Å². The van der Waals surface area contributed by atoms with Crippen molar-refractivity contribution in [1.82, 2.24) is 4.98 Å². The molecule has 19 heavy (non-hydrogen) atoms. The monoisotopic (exact) mass is 346 g/mol. The van der Waals surface area contributed by atoms with Crippen LogP contribution in [-0.2, 0) is 16.6 Å². The van der Waals surface area contributed by atoms with E-state index in [4.69, 9.17) is 9.52 Å². The lowest BCUT2D eigenvalue weighted by Crippen LogP contribution is -2.13. The Balaban J connectivity index is 2.34. The van der Waals surface area contributed by atoms with Crippen molar-refractivity contribution in [2.75, 3.05) is 4.72 Å². The van der Waals surface area contributed by atoms with E-state index in [0.717, 1.165) is 5.56 Å². The summed E-state index contributed by atoms with van der Waals surface area (Å²) >= 11 is 3.01. The van der Waals surface area contributed by atoms with Gasteiger partial charge < -0.3 is 9.52 Å². The van der Waals surface area contributed by atoms with Gasteiger partial charge in [0.1, 0.15) is 17.3 Å². The van der Waals surface area contributed by atoms with Crippen LogP contribution in [0.5, 0.6) is 0 Å². The number of hydrogen-bond acceptors (Lipinski definition) is 5. The quantitative estimate of drug-likeness (QED) is 0.883. The van der Waals surface area contributed by atoms with E-state index >= 15 is 0 Å². The van der Waals surface area contributed by atoms with Gasteiger partial charge in [0.05, 0.1) is 11.9 Å². The normalized spacial score (nSPS) is 11.5. The predicted molar refractivity (Wildman–Crippen MR) is 72.1 cm³/mol. The van der Waals surface area contributed by atoms with Gasteiger partial charge in [0.15, 0.2) is 4.67 Å². The number of hydrogen-bond donors (Lipinski definition) is 2. The summed E-state index contributed by atoms with van der Waals surface area (Å²) in [6, 6.07) is 2.92. The third-order valence-corrected chi connectivity index (χ3v) is 4.52. The highest BCUT2D eigenvalue weighted by Crippen LogP contribution is 2.27. The number of sulfonamides is 1. The van der Waals surface area contributed by atoms with Gasteiger partial charge in [-0.2, -0.15) is 0 Å². The lowest BCUT2D eigenvalue weighted by molar-refractivity contribution is 0.245. The number of pyridine rings is 1. The number of anilines is 1. The number of aromatic nitrogens is 1. The Morgan fingerprint density at radius 1 is 1.42 bits per heavy atom. The molecule has 102 valence electrons. The molecule has 0 aliphatic rings. The van der Waals surface area contributed by atoms with Crippen LogP contribution < -0.4 is 4.72 Å². The van der Waals surface area contributed by atoms with Crippen molar-refractivity contribution in [3.05, 3.63) is 40.5 Å². The first-order valence-electron chi connectivity index (χ1n) is 5.26. The Bertz CT molecular complexity index is 696. The number of aryl methyl sites for hydroxylation is 1. The van der Waals surface area contributed by atoms with Crippen LogP contribution in [0.1, 0.15) is 11.3 Å². The highest BCUT2D eigenvalue weighted by atomic mass is 79.9. The number of halogens is 1. The Labute approximate surface area is 118 Å². The average Bonchev–Trinajstić information content (AvgIpc) is 2.71. The molecule has 0 bridgehead atoms. The largest absolute Gasteiger partial charge is 0.450 e. The van der Waals surface area contributed by atoms with Crippen LogP contribution in [0.2, 0.25) is 0 Å². The third-order valence-electron chi connectivity index (χ3n) is 2.28. The van der Waals surface area contributed by atoms with Gasteiger partial charge >= 0.3 is 0 Å². The van der Waals surface area contributed by atoms with Gasteiger partial charge in [-0.25, -0.2) is 8.42 Å². The summed E-state index contributed by atoms with van der Waals surface area (Å²) in [5.74, 6) is 0.162. The zero-order valence-corrected chi connectivity index (χ0v) is 12.3. The van der Waals surface area contributed by atoms with E-state index in [1.807, 2.05) is 6.92 Å². The van der Waals surface area contributed by atoms with E-state index in [9.17, 15) is 8.42 Å². The average molecular weight is 347 g/mol. The molecule has 0 aliphatic carbocycles. The molecule has 2 N–H and O–H groups in total. The molecule has 2 rings (SSSR count). The summed E-state index contributed by atoms with van der Waals surface area (Å²) in [5, 5.41) is 8.93. The standard InChI is InChI=1S/C11H11BrN2O4S/c1-7-2-8(5-13-4-7)14-19(16,17)10-3-9(6-15)18-11(10)12/h2-5,14-15H,6H2,1H3. The number of rotatable bonds is 4. The molecular weight excluding hydrogens is 336 g/mol. The maximum absolute atomic E-state index is 12.2. The fraction of sp³-hybridized carbons (Fsp3) is 0.182. The topological polar surface area (TPSA) is 92.4 Å². The van der Waals surface area contributed by atoms with E-state index in [1.54, 1.807) is 12.3 Å². The Hall–Kier alpha value is -1.38. The summed E-state index contributed by atoms with van der Waals surface area (Å²) in [6.07, 6.45) is 3.03. The molecule has 0 unspecified atom stereocenters. The molecule has 0 saturated heterocycles. The lowest BCUT2D eigenvalue weighted by Gasteiger charge is -2.06. The molecule has 6 nitrogen and oxygen atoms in total. The van der Waals surface area contributed by atoms with Crippen molar-refractivity contribution in [1.29, 1.82) is 0 Å². The van der Waals surface area contributed by atoms with Gasteiger partial charge in [0.2, 0.25) is 0 Å². The molecule has 2 aromatic heterocycles. The summed E-state index contributed by atoms with van der Waals surface area (Å²) in [4.78, 5) is 3.83. The second kappa shape index (κ2) is 5.32. The van der Waals surface area contributed by atoms with Crippen LogP contribution in [0.3, 0.4) is 0 Å². The fourth-order valence-corrected chi connectivity index (χ4v) is 3.51. The summed E-state index contributed by atoms with van der Waals surface area (Å²) in [5.41, 5.74) is 1.20. The number of nitrogens with zero attached hydrogens (tertiary/aromatic N) is 1. The molecule has 0 radical (unpaired) electrons. The number of furan rings is 1. The smallest absolute Gasteiger partial charge is 0.266 e. The van der Waals surface area contributed by atoms with E-state index in [1.165, 1.54) is 12.3 Å². The van der Waals surface area contributed by atoms with Crippen molar-refractivity contribution >= 4 is 31.6 Å². The molecule has 0 aromatic carbocycles. The number of nitrogens with one attached hydrogen (secondary N) is 1. The SMILES string of the molecule is Cc1cncc(NS(=O)(=O)c2cc(CO)oc2Br)c1. The van der Waals surface area contributed by atoms with Crippen molar-refractivity contribution in [3.63, 3.8) is 0 Å². The molecule has 8 heteroatoms. The first-order valence-corrected chi connectivity index (χ1v) is 7.53. The van der Waals surface area contributed by atoms with Crippen molar-refractivity contribution < 1.29 is 17.9 Å². The van der Waals surface area contributed by atoms with Gasteiger partial charge in [-0.05, 0) is 34.5 Å².